The van der Waals surface area contributed by atoms with Gasteiger partial charge in [0.05, 0.1) is 0 Å². The van der Waals surface area contributed by atoms with Crippen LogP contribution in [0.1, 0.15) is 120 Å². The molecule has 271 valence electrons. The van der Waals surface area contributed by atoms with Gasteiger partial charge in [-0.05, 0) is 74.8 Å². The van der Waals surface area contributed by atoms with Crippen molar-refractivity contribution >= 4 is 37.1 Å². The lowest BCUT2D eigenvalue weighted by Crippen LogP contribution is -2.43. The molecule has 1 heterocycles. The summed E-state index contributed by atoms with van der Waals surface area (Å²) in [5, 5.41) is 12.5. The molecule has 1 spiro atoms. The number of carbonyl (C=O) groups is 4. The van der Waals surface area contributed by atoms with E-state index in [4.69, 9.17) is 4.74 Å². The fourth-order valence-electron chi connectivity index (χ4n) is 6.73. The van der Waals surface area contributed by atoms with Gasteiger partial charge in [-0.1, -0.05) is 94.7 Å². The van der Waals surface area contributed by atoms with E-state index in [-0.39, 0.29) is 12.5 Å². The molecular weight excluding hydrogens is 629 g/mol. The first-order chi connectivity index (χ1) is 24.3. The van der Waals surface area contributed by atoms with Gasteiger partial charge in [-0.15, -0.1) is 0 Å². The molecule has 5 rings (SSSR count). The molecule has 50 heavy (non-hydrogen) atoms. The number of rotatable bonds is 20. The normalized spacial score (nSPS) is 17.8. The third-order valence-electron chi connectivity index (χ3n) is 9.88. The number of benzene rings is 2. The predicted octanol–water partition coefficient (Wildman–Crippen LogP) is 6.42. The van der Waals surface area contributed by atoms with Gasteiger partial charge in [0.1, 0.15) is 6.54 Å². The summed E-state index contributed by atoms with van der Waals surface area (Å²) >= 11 is 0. The molecule has 4 N–H and O–H groups in total. The number of imide groups is 1. The van der Waals surface area contributed by atoms with Crippen LogP contribution in [0.4, 0.5) is 10.5 Å². The molecule has 1 atom stereocenters. The summed E-state index contributed by atoms with van der Waals surface area (Å²) < 4.78 is 5.69. The fraction of sp³-hybridized carbons (Fsp3) is 0.590. The average molecular weight is 687 g/mol. The summed E-state index contributed by atoms with van der Waals surface area (Å²) in [7, 11) is 1.84. The number of ether oxygens (including phenoxy) is 1. The average Bonchev–Trinajstić information content (AvgIpc) is 3.58. The molecule has 4 amide bonds. The molecule has 11 heteroatoms. The summed E-state index contributed by atoms with van der Waals surface area (Å²) in [5.41, 5.74) is 3.23. The Bertz CT molecular complexity index is 1420. The largest absolute Gasteiger partial charge is 0.427 e. The molecule has 1 radical (unpaired) electrons. The molecule has 10 nitrogen and oxygen atoms in total. The van der Waals surface area contributed by atoms with Crippen molar-refractivity contribution in [1.82, 2.24) is 20.8 Å². The van der Waals surface area contributed by atoms with E-state index < -0.39 is 23.5 Å². The minimum Gasteiger partial charge on any atom is -0.427 e. The molecular formula is C39H57BN5O5. The SMILES string of the molecule is CC.Cc1ccc(CNC(=O)CN2C(=O)OC3(CCc4cc(N[B]NCCCCCCCCCCNC(=O)CC5CCC5)ccc43)C2=O)cc1. The third-order valence-corrected chi connectivity index (χ3v) is 9.88. The lowest BCUT2D eigenvalue weighted by molar-refractivity contribution is -0.139. The molecule has 0 aromatic heterocycles. The van der Waals surface area contributed by atoms with Gasteiger partial charge in [0.15, 0.2) is 0 Å². The first-order valence-electron chi connectivity index (χ1n) is 18.9. The van der Waals surface area contributed by atoms with E-state index in [1.807, 2.05) is 70.8 Å². The van der Waals surface area contributed by atoms with Crippen LogP contribution in [0, 0.1) is 12.8 Å². The Kier molecular flexibility index (Phi) is 15.7. The van der Waals surface area contributed by atoms with Crippen LogP contribution in [0.5, 0.6) is 0 Å². The van der Waals surface area contributed by atoms with Crippen molar-refractivity contribution < 1.29 is 23.9 Å². The Morgan fingerprint density at radius 1 is 0.880 bits per heavy atom. The number of amides is 4. The van der Waals surface area contributed by atoms with Gasteiger partial charge in [-0.3, -0.25) is 14.4 Å². The zero-order valence-corrected chi connectivity index (χ0v) is 30.4. The number of hydrogen-bond acceptors (Lipinski definition) is 7. The molecule has 2 fully saturated rings. The fourth-order valence-corrected chi connectivity index (χ4v) is 6.73. The monoisotopic (exact) mass is 686 g/mol. The summed E-state index contributed by atoms with van der Waals surface area (Å²) in [6, 6.07) is 13.5. The number of fused-ring (bicyclic) bond motifs is 2. The number of nitrogens with one attached hydrogen (secondary N) is 4. The lowest BCUT2D eigenvalue weighted by Gasteiger charge is -2.24. The van der Waals surface area contributed by atoms with Crippen LogP contribution in [-0.4, -0.2) is 55.9 Å². The quantitative estimate of drug-likeness (QED) is 0.0935. The van der Waals surface area contributed by atoms with Crippen LogP contribution < -0.4 is 21.1 Å². The molecule has 1 saturated heterocycles. The molecule has 1 unspecified atom stereocenters. The maximum Gasteiger partial charge on any atom is 0.418 e. The van der Waals surface area contributed by atoms with E-state index in [1.54, 1.807) is 0 Å². The van der Waals surface area contributed by atoms with E-state index in [0.717, 1.165) is 59.6 Å². The second-order valence-electron chi connectivity index (χ2n) is 13.6. The van der Waals surface area contributed by atoms with E-state index in [1.165, 1.54) is 57.8 Å². The number of nitrogens with zero attached hydrogens (tertiary/aromatic N) is 1. The Balaban J connectivity index is 0.00000276. The zero-order valence-electron chi connectivity index (χ0n) is 30.4. The highest BCUT2D eigenvalue weighted by molar-refractivity contribution is 6.37. The Morgan fingerprint density at radius 3 is 2.24 bits per heavy atom. The standard InChI is InChI=1S/C37H51BN5O5.C2H6/c1-27-13-15-29(16-14-27)25-40-34(45)26-43-35(46)37(48-36(43)47)20-19-30-24-31(17-18-32(30)37)42-38-41-22-9-7-5-3-2-4-6-8-21-39-33(44)23-28-11-10-12-28;1-2/h13-18,24,28,41-42H,2-12,19-23,25-26H2,1H3,(H,39,44)(H,40,45);1-2H3. The second-order valence-corrected chi connectivity index (χ2v) is 13.6. The number of hydrogen-bond donors (Lipinski definition) is 4. The molecule has 2 aromatic carbocycles. The summed E-state index contributed by atoms with van der Waals surface area (Å²) in [5.74, 6) is -0.0208. The van der Waals surface area contributed by atoms with Crippen molar-refractivity contribution in [2.24, 2.45) is 5.92 Å². The van der Waals surface area contributed by atoms with Crippen molar-refractivity contribution in [1.29, 1.82) is 0 Å². The van der Waals surface area contributed by atoms with Crippen LogP contribution in [0.15, 0.2) is 42.5 Å². The summed E-state index contributed by atoms with van der Waals surface area (Å²) in [6.07, 6.45) is 14.2. The Labute approximate surface area is 299 Å². The van der Waals surface area contributed by atoms with Crippen LogP contribution in [0.25, 0.3) is 0 Å². The van der Waals surface area contributed by atoms with Crippen molar-refractivity contribution in [3.05, 3.63) is 64.7 Å². The first-order valence-corrected chi connectivity index (χ1v) is 18.9. The molecule has 3 aliphatic rings. The van der Waals surface area contributed by atoms with Crippen LogP contribution in [0.3, 0.4) is 0 Å². The highest BCUT2D eigenvalue weighted by atomic mass is 16.6. The van der Waals surface area contributed by atoms with Gasteiger partial charge >= 0.3 is 13.6 Å². The predicted molar refractivity (Wildman–Crippen MR) is 198 cm³/mol. The molecule has 2 aliphatic carbocycles. The van der Waals surface area contributed by atoms with Gasteiger partial charge in [0, 0.05) is 37.2 Å². The number of aryl methyl sites for hydroxylation is 2. The van der Waals surface area contributed by atoms with Crippen LogP contribution in [-0.2, 0) is 37.7 Å². The van der Waals surface area contributed by atoms with E-state index in [0.29, 0.717) is 30.9 Å². The summed E-state index contributed by atoms with van der Waals surface area (Å²) in [6.45, 7) is 7.65. The van der Waals surface area contributed by atoms with E-state index >= 15 is 0 Å². The first kappa shape index (κ1) is 38.9. The van der Waals surface area contributed by atoms with Crippen LogP contribution >= 0.6 is 0 Å². The molecule has 1 aliphatic heterocycles. The molecule has 0 bridgehead atoms. The lowest BCUT2D eigenvalue weighted by atomic mass is 9.83. The van der Waals surface area contributed by atoms with Gasteiger partial charge < -0.3 is 25.8 Å². The number of carbonyl (C=O) groups excluding carboxylic acids is 4. The van der Waals surface area contributed by atoms with Crippen molar-refractivity contribution in [2.45, 2.75) is 123 Å². The van der Waals surface area contributed by atoms with E-state index in [9.17, 15) is 19.2 Å². The van der Waals surface area contributed by atoms with Crippen LogP contribution in [0.2, 0.25) is 0 Å². The maximum absolute atomic E-state index is 13.5. The van der Waals surface area contributed by atoms with Crippen molar-refractivity contribution in [3.8, 4) is 0 Å². The molecule has 1 saturated carbocycles. The highest BCUT2D eigenvalue weighted by Crippen LogP contribution is 2.46. The Hall–Kier alpha value is -3.86. The smallest absolute Gasteiger partial charge is 0.418 e. The van der Waals surface area contributed by atoms with Gasteiger partial charge in [-0.25, -0.2) is 9.69 Å². The van der Waals surface area contributed by atoms with Crippen molar-refractivity contribution in [2.75, 3.05) is 24.9 Å². The highest BCUT2D eigenvalue weighted by Gasteiger charge is 2.58. The van der Waals surface area contributed by atoms with Gasteiger partial charge in [-0.2, -0.15) is 0 Å². The third kappa shape index (κ3) is 11.1. The van der Waals surface area contributed by atoms with Gasteiger partial charge in [0.25, 0.3) is 5.91 Å². The Morgan fingerprint density at radius 2 is 1.56 bits per heavy atom. The maximum atomic E-state index is 13.5. The number of anilines is 1. The van der Waals surface area contributed by atoms with Crippen molar-refractivity contribution in [3.63, 3.8) is 0 Å². The number of unbranched alkanes of at least 4 members (excludes halogenated alkanes) is 7. The zero-order chi connectivity index (χ0) is 35.8. The summed E-state index contributed by atoms with van der Waals surface area (Å²) in [4.78, 5) is 51.6. The molecule has 2 aromatic rings. The van der Waals surface area contributed by atoms with Gasteiger partial charge in [0.2, 0.25) is 17.4 Å². The minimum atomic E-state index is -1.36. The van der Waals surface area contributed by atoms with E-state index in [2.05, 4.69) is 21.1 Å². The topological polar surface area (TPSA) is 129 Å². The minimum absolute atomic E-state index is 0.235. The second kappa shape index (κ2) is 20.1.